The number of aromatic amines is 1. The number of hydrogen-bond donors (Lipinski definition) is 2. The minimum absolute atomic E-state index is 0.0906. The SMILES string of the molecule is Cc1ccc(S(=O)(=O)NC2Cc3[nH]c4ccccc4c3C2)cc1. The van der Waals surface area contributed by atoms with E-state index in [0.717, 1.165) is 23.2 Å². The largest absolute Gasteiger partial charge is 0.358 e. The zero-order valence-electron chi connectivity index (χ0n) is 12.8. The number of aryl methyl sites for hydroxylation is 1. The molecule has 1 aromatic heterocycles. The molecule has 1 unspecified atom stereocenters. The summed E-state index contributed by atoms with van der Waals surface area (Å²) in [5, 5.41) is 1.19. The molecule has 1 atom stereocenters. The molecule has 4 rings (SSSR count). The maximum Gasteiger partial charge on any atom is 0.240 e. The first-order chi connectivity index (χ1) is 11.0. The molecule has 3 aromatic rings. The molecule has 0 aliphatic heterocycles. The molecule has 0 amide bonds. The Hall–Kier alpha value is -2.11. The van der Waals surface area contributed by atoms with Gasteiger partial charge in [-0.05, 0) is 37.1 Å². The Morgan fingerprint density at radius 1 is 1.04 bits per heavy atom. The highest BCUT2D eigenvalue weighted by Crippen LogP contribution is 2.30. The van der Waals surface area contributed by atoms with Crippen molar-refractivity contribution < 1.29 is 8.42 Å². The first-order valence-corrected chi connectivity index (χ1v) is 9.19. The quantitative estimate of drug-likeness (QED) is 0.777. The van der Waals surface area contributed by atoms with E-state index in [0.29, 0.717) is 11.3 Å². The van der Waals surface area contributed by atoms with Gasteiger partial charge in [0.15, 0.2) is 0 Å². The molecule has 0 spiro atoms. The number of fused-ring (bicyclic) bond motifs is 3. The summed E-state index contributed by atoms with van der Waals surface area (Å²) in [6.45, 7) is 1.94. The highest BCUT2D eigenvalue weighted by molar-refractivity contribution is 7.89. The lowest BCUT2D eigenvalue weighted by Crippen LogP contribution is -2.35. The van der Waals surface area contributed by atoms with Crippen molar-refractivity contribution in [1.29, 1.82) is 0 Å². The number of hydrogen-bond acceptors (Lipinski definition) is 2. The minimum atomic E-state index is -3.47. The molecule has 1 aliphatic carbocycles. The third kappa shape index (κ3) is 2.56. The van der Waals surface area contributed by atoms with Gasteiger partial charge in [0, 0.05) is 29.1 Å². The molecule has 118 valence electrons. The lowest BCUT2D eigenvalue weighted by molar-refractivity contribution is 0.555. The predicted molar refractivity (Wildman–Crippen MR) is 91.0 cm³/mol. The maximum atomic E-state index is 12.5. The lowest BCUT2D eigenvalue weighted by atomic mass is 10.1. The van der Waals surface area contributed by atoms with Crippen molar-refractivity contribution in [2.24, 2.45) is 0 Å². The Balaban J connectivity index is 1.57. The van der Waals surface area contributed by atoms with Gasteiger partial charge in [-0.3, -0.25) is 0 Å². The van der Waals surface area contributed by atoms with Gasteiger partial charge in [0.05, 0.1) is 4.90 Å². The second kappa shape index (κ2) is 5.22. The molecule has 0 fully saturated rings. The van der Waals surface area contributed by atoms with Gasteiger partial charge in [0.2, 0.25) is 10.0 Å². The Morgan fingerprint density at radius 2 is 1.78 bits per heavy atom. The van der Waals surface area contributed by atoms with Crippen LogP contribution in [0.3, 0.4) is 0 Å². The highest BCUT2D eigenvalue weighted by atomic mass is 32.2. The molecule has 4 nitrogen and oxygen atoms in total. The zero-order valence-corrected chi connectivity index (χ0v) is 13.7. The molecule has 1 heterocycles. The molecular formula is C18H18N2O2S. The van der Waals surface area contributed by atoms with Crippen LogP contribution < -0.4 is 4.72 Å². The fraction of sp³-hybridized carbons (Fsp3) is 0.222. The Bertz CT molecular complexity index is 972. The van der Waals surface area contributed by atoms with E-state index in [1.165, 1.54) is 10.9 Å². The zero-order chi connectivity index (χ0) is 16.0. The summed E-state index contributed by atoms with van der Waals surface area (Å²) in [5.74, 6) is 0. The Morgan fingerprint density at radius 3 is 2.57 bits per heavy atom. The summed E-state index contributed by atoms with van der Waals surface area (Å²) in [6, 6.07) is 15.0. The number of nitrogens with one attached hydrogen (secondary N) is 2. The van der Waals surface area contributed by atoms with Gasteiger partial charge in [-0.25, -0.2) is 13.1 Å². The molecule has 23 heavy (non-hydrogen) atoms. The monoisotopic (exact) mass is 326 g/mol. The van der Waals surface area contributed by atoms with Gasteiger partial charge in [0.1, 0.15) is 0 Å². The van der Waals surface area contributed by atoms with E-state index in [9.17, 15) is 8.42 Å². The van der Waals surface area contributed by atoms with Crippen LogP contribution in [0.2, 0.25) is 0 Å². The normalized spacial score (nSPS) is 17.5. The number of rotatable bonds is 3. The smallest absolute Gasteiger partial charge is 0.240 e. The summed E-state index contributed by atoms with van der Waals surface area (Å²) in [5.41, 5.74) is 4.55. The van der Waals surface area contributed by atoms with Gasteiger partial charge in [-0.2, -0.15) is 0 Å². The molecule has 5 heteroatoms. The second-order valence-corrected chi connectivity index (χ2v) is 7.88. The van der Waals surface area contributed by atoms with Crippen LogP contribution in [0.25, 0.3) is 10.9 Å². The lowest BCUT2D eigenvalue weighted by Gasteiger charge is -2.13. The van der Waals surface area contributed by atoms with Crippen molar-refractivity contribution in [3.05, 3.63) is 65.4 Å². The molecule has 0 saturated carbocycles. The summed E-state index contributed by atoms with van der Waals surface area (Å²) in [4.78, 5) is 3.73. The van der Waals surface area contributed by atoms with E-state index in [-0.39, 0.29) is 6.04 Å². The maximum absolute atomic E-state index is 12.5. The Kier molecular flexibility index (Phi) is 3.28. The molecule has 0 bridgehead atoms. The third-order valence-corrected chi connectivity index (χ3v) is 5.99. The van der Waals surface area contributed by atoms with E-state index in [1.54, 1.807) is 12.1 Å². The van der Waals surface area contributed by atoms with E-state index in [2.05, 4.69) is 21.8 Å². The standard InChI is InChI=1S/C18H18N2O2S/c1-12-6-8-14(9-7-12)23(21,22)20-13-10-16-15-4-2-3-5-17(15)19-18(16)11-13/h2-9,13,19-20H,10-11H2,1H3. The van der Waals surface area contributed by atoms with Crippen LogP contribution in [0.1, 0.15) is 16.8 Å². The number of H-pyrrole nitrogens is 1. The number of para-hydroxylation sites is 1. The van der Waals surface area contributed by atoms with Crippen molar-refractivity contribution in [2.45, 2.75) is 30.7 Å². The van der Waals surface area contributed by atoms with Gasteiger partial charge in [-0.15, -0.1) is 0 Å². The van der Waals surface area contributed by atoms with Crippen LogP contribution in [-0.2, 0) is 22.9 Å². The average molecular weight is 326 g/mol. The van der Waals surface area contributed by atoms with E-state index < -0.39 is 10.0 Å². The second-order valence-electron chi connectivity index (χ2n) is 6.17. The van der Waals surface area contributed by atoms with Crippen LogP contribution >= 0.6 is 0 Å². The average Bonchev–Trinajstić information content (AvgIpc) is 3.04. The molecule has 0 radical (unpaired) electrons. The van der Waals surface area contributed by atoms with Crippen LogP contribution in [0.15, 0.2) is 53.4 Å². The molecule has 0 saturated heterocycles. The molecular weight excluding hydrogens is 308 g/mol. The first-order valence-electron chi connectivity index (χ1n) is 7.70. The molecule has 2 N–H and O–H groups in total. The fourth-order valence-corrected chi connectivity index (χ4v) is 4.55. The van der Waals surface area contributed by atoms with Crippen molar-refractivity contribution in [3.63, 3.8) is 0 Å². The third-order valence-electron chi connectivity index (χ3n) is 4.46. The molecule has 1 aliphatic rings. The van der Waals surface area contributed by atoms with Crippen molar-refractivity contribution in [1.82, 2.24) is 9.71 Å². The van der Waals surface area contributed by atoms with Gasteiger partial charge in [0.25, 0.3) is 0 Å². The number of aromatic nitrogens is 1. The summed E-state index contributed by atoms with van der Waals surface area (Å²) in [7, 11) is -3.47. The predicted octanol–water partition coefficient (Wildman–Crippen LogP) is 2.92. The van der Waals surface area contributed by atoms with Crippen molar-refractivity contribution in [2.75, 3.05) is 0 Å². The summed E-state index contributed by atoms with van der Waals surface area (Å²) < 4.78 is 27.9. The number of benzene rings is 2. The van der Waals surface area contributed by atoms with Crippen LogP contribution in [0.4, 0.5) is 0 Å². The van der Waals surface area contributed by atoms with E-state index in [4.69, 9.17) is 0 Å². The van der Waals surface area contributed by atoms with E-state index in [1.807, 2.05) is 31.2 Å². The van der Waals surface area contributed by atoms with Crippen molar-refractivity contribution in [3.8, 4) is 0 Å². The number of sulfonamides is 1. The first kappa shape index (κ1) is 14.5. The van der Waals surface area contributed by atoms with Crippen LogP contribution in [-0.4, -0.2) is 19.4 Å². The van der Waals surface area contributed by atoms with Crippen LogP contribution in [0.5, 0.6) is 0 Å². The van der Waals surface area contributed by atoms with Crippen molar-refractivity contribution >= 4 is 20.9 Å². The Labute approximate surface area is 135 Å². The highest BCUT2D eigenvalue weighted by Gasteiger charge is 2.29. The van der Waals surface area contributed by atoms with Gasteiger partial charge < -0.3 is 4.98 Å². The van der Waals surface area contributed by atoms with Crippen LogP contribution in [0, 0.1) is 6.92 Å². The van der Waals surface area contributed by atoms with E-state index >= 15 is 0 Å². The van der Waals surface area contributed by atoms with Gasteiger partial charge in [-0.1, -0.05) is 35.9 Å². The molecule has 2 aromatic carbocycles. The summed E-state index contributed by atoms with van der Waals surface area (Å²) in [6.07, 6.45) is 1.43. The van der Waals surface area contributed by atoms with Gasteiger partial charge >= 0.3 is 0 Å². The minimum Gasteiger partial charge on any atom is -0.358 e. The topological polar surface area (TPSA) is 62.0 Å². The fourth-order valence-electron chi connectivity index (χ4n) is 3.32. The summed E-state index contributed by atoms with van der Waals surface area (Å²) >= 11 is 0.